The molecule has 2 rings (SSSR count). The van der Waals surface area contributed by atoms with Crippen molar-refractivity contribution in [3.05, 3.63) is 29.8 Å². The Balaban J connectivity index is 2.00. The van der Waals surface area contributed by atoms with Gasteiger partial charge in [0.15, 0.2) is 0 Å². The van der Waals surface area contributed by atoms with Crippen molar-refractivity contribution in [1.29, 1.82) is 0 Å². The summed E-state index contributed by atoms with van der Waals surface area (Å²) in [5, 5.41) is 6.27. The summed E-state index contributed by atoms with van der Waals surface area (Å²) in [4.78, 5) is 11.5. The van der Waals surface area contributed by atoms with E-state index in [1.165, 1.54) is 32.1 Å². The molecular weight excluding hydrogens is 236 g/mol. The van der Waals surface area contributed by atoms with Gasteiger partial charge in [-0.05, 0) is 43.0 Å². The number of benzene rings is 1. The van der Waals surface area contributed by atoms with Crippen molar-refractivity contribution in [3.63, 3.8) is 0 Å². The van der Waals surface area contributed by atoms with Crippen molar-refractivity contribution >= 4 is 11.6 Å². The molecule has 0 bridgehead atoms. The second kappa shape index (κ2) is 6.60. The molecule has 0 saturated heterocycles. The zero-order chi connectivity index (χ0) is 13.7. The van der Waals surface area contributed by atoms with Crippen LogP contribution in [0.5, 0.6) is 0 Å². The van der Waals surface area contributed by atoms with E-state index < -0.39 is 0 Å². The summed E-state index contributed by atoms with van der Waals surface area (Å²) in [5.41, 5.74) is 1.83. The minimum atomic E-state index is -0.0318. The van der Waals surface area contributed by atoms with Gasteiger partial charge in [-0.2, -0.15) is 0 Å². The Hall–Kier alpha value is -1.51. The normalized spacial score (nSPS) is 22.8. The van der Waals surface area contributed by atoms with Gasteiger partial charge in [-0.25, -0.2) is 0 Å². The van der Waals surface area contributed by atoms with Crippen LogP contribution in [-0.2, 0) is 0 Å². The van der Waals surface area contributed by atoms with Crippen LogP contribution in [0.2, 0.25) is 0 Å². The number of nitrogens with one attached hydrogen (secondary N) is 2. The molecule has 0 radical (unpaired) electrons. The molecule has 2 N–H and O–H groups in total. The highest BCUT2D eigenvalue weighted by Crippen LogP contribution is 2.29. The lowest BCUT2D eigenvalue weighted by Gasteiger charge is -2.32. The number of carbonyl (C=O) groups excluding carboxylic acids is 1. The first-order valence-electron chi connectivity index (χ1n) is 7.33. The van der Waals surface area contributed by atoms with Gasteiger partial charge in [0.25, 0.3) is 5.91 Å². The van der Waals surface area contributed by atoms with E-state index in [0.29, 0.717) is 11.6 Å². The molecule has 2 atom stereocenters. The number of amides is 1. The largest absolute Gasteiger partial charge is 0.382 e. The molecule has 1 saturated carbocycles. The Kier molecular flexibility index (Phi) is 4.83. The van der Waals surface area contributed by atoms with E-state index in [-0.39, 0.29) is 5.91 Å². The first-order chi connectivity index (χ1) is 9.24. The number of hydrogen-bond acceptors (Lipinski definition) is 2. The van der Waals surface area contributed by atoms with Gasteiger partial charge in [-0.15, -0.1) is 0 Å². The number of rotatable bonds is 4. The van der Waals surface area contributed by atoms with Gasteiger partial charge in [-0.1, -0.05) is 26.2 Å². The predicted molar refractivity (Wildman–Crippen MR) is 79.5 cm³/mol. The maximum absolute atomic E-state index is 11.5. The highest BCUT2D eigenvalue weighted by molar-refractivity contribution is 5.94. The second-order valence-corrected chi connectivity index (χ2v) is 5.36. The van der Waals surface area contributed by atoms with E-state index in [9.17, 15) is 4.79 Å². The average molecular weight is 260 g/mol. The van der Waals surface area contributed by atoms with Crippen molar-refractivity contribution in [1.82, 2.24) is 5.32 Å². The molecule has 104 valence electrons. The van der Waals surface area contributed by atoms with Crippen LogP contribution >= 0.6 is 0 Å². The monoisotopic (exact) mass is 260 g/mol. The van der Waals surface area contributed by atoms with Crippen LogP contribution in [0.15, 0.2) is 24.3 Å². The minimum Gasteiger partial charge on any atom is -0.382 e. The van der Waals surface area contributed by atoms with Crippen LogP contribution in [0.25, 0.3) is 0 Å². The number of anilines is 1. The van der Waals surface area contributed by atoms with Gasteiger partial charge < -0.3 is 10.6 Å². The minimum absolute atomic E-state index is 0.0318. The van der Waals surface area contributed by atoms with E-state index in [4.69, 9.17) is 0 Å². The molecule has 3 nitrogen and oxygen atoms in total. The Morgan fingerprint density at radius 3 is 2.53 bits per heavy atom. The van der Waals surface area contributed by atoms with E-state index in [0.717, 1.165) is 11.6 Å². The van der Waals surface area contributed by atoms with Gasteiger partial charge in [0.1, 0.15) is 0 Å². The summed E-state index contributed by atoms with van der Waals surface area (Å²) in [6.45, 7) is 2.28. The molecule has 2 unspecified atom stereocenters. The smallest absolute Gasteiger partial charge is 0.251 e. The molecular formula is C16H24N2O. The molecule has 0 heterocycles. The summed E-state index contributed by atoms with van der Waals surface area (Å²) in [6.07, 6.45) is 6.53. The molecule has 19 heavy (non-hydrogen) atoms. The highest BCUT2D eigenvalue weighted by Gasteiger charge is 2.23. The van der Waals surface area contributed by atoms with Gasteiger partial charge in [0.05, 0.1) is 0 Å². The van der Waals surface area contributed by atoms with E-state index in [1.54, 1.807) is 7.05 Å². The molecule has 0 aliphatic heterocycles. The first-order valence-corrected chi connectivity index (χ1v) is 7.33. The van der Waals surface area contributed by atoms with Crippen LogP contribution in [-0.4, -0.2) is 19.0 Å². The summed E-state index contributed by atoms with van der Waals surface area (Å²) < 4.78 is 0. The number of carbonyl (C=O) groups is 1. The van der Waals surface area contributed by atoms with Crippen LogP contribution in [0.4, 0.5) is 5.69 Å². The van der Waals surface area contributed by atoms with Gasteiger partial charge >= 0.3 is 0 Å². The molecule has 1 aliphatic carbocycles. The van der Waals surface area contributed by atoms with Crippen molar-refractivity contribution in [2.75, 3.05) is 12.4 Å². The summed E-state index contributed by atoms with van der Waals surface area (Å²) >= 11 is 0. The lowest BCUT2D eigenvalue weighted by Crippen LogP contribution is -2.31. The standard InChI is InChI=1S/C16H24N2O/c1-3-12-6-4-5-7-15(12)18-14-10-8-13(9-11-14)16(19)17-2/h8-12,15,18H,3-7H2,1-2H3,(H,17,19). The number of hydrogen-bond donors (Lipinski definition) is 2. The molecule has 1 amide bonds. The fourth-order valence-electron chi connectivity index (χ4n) is 2.96. The quantitative estimate of drug-likeness (QED) is 0.871. The summed E-state index contributed by atoms with van der Waals surface area (Å²) in [6, 6.07) is 8.36. The zero-order valence-corrected chi connectivity index (χ0v) is 11.9. The van der Waals surface area contributed by atoms with Crippen molar-refractivity contribution in [2.24, 2.45) is 5.92 Å². The maximum Gasteiger partial charge on any atom is 0.251 e. The van der Waals surface area contributed by atoms with Crippen LogP contribution in [0.3, 0.4) is 0 Å². The molecule has 3 heteroatoms. The topological polar surface area (TPSA) is 41.1 Å². The summed E-state index contributed by atoms with van der Waals surface area (Å²) in [5.74, 6) is 0.753. The lowest BCUT2D eigenvalue weighted by atomic mass is 9.83. The third kappa shape index (κ3) is 3.49. The Bertz CT molecular complexity index is 413. The molecule has 1 fully saturated rings. The molecule has 1 aliphatic rings. The van der Waals surface area contributed by atoms with Crippen LogP contribution in [0.1, 0.15) is 49.4 Å². The SMILES string of the molecule is CCC1CCCCC1Nc1ccc(C(=O)NC)cc1. The van der Waals surface area contributed by atoms with E-state index in [1.807, 2.05) is 24.3 Å². The van der Waals surface area contributed by atoms with Gasteiger partial charge in [-0.3, -0.25) is 4.79 Å². The fourth-order valence-corrected chi connectivity index (χ4v) is 2.96. The molecule has 0 aromatic heterocycles. The Labute approximate surface area is 115 Å². The second-order valence-electron chi connectivity index (χ2n) is 5.36. The molecule has 1 aromatic rings. The zero-order valence-electron chi connectivity index (χ0n) is 11.9. The molecule has 1 aromatic carbocycles. The molecule has 0 spiro atoms. The van der Waals surface area contributed by atoms with Crippen molar-refractivity contribution in [3.8, 4) is 0 Å². The van der Waals surface area contributed by atoms with Gasteiger partial charge in [0.2, 0.25) is 0 Å². The van der Waals surface area contributed by atoms with Crippen LogP contribution in [0, 0.1) is 5.92 Å². The van der Waals surface area contributed by atoms with Gasteiger partial charge in [0, 0.05) is 24.3 Å². The lowest BCUT2D eigenvalue weighted by molar-refractivity contribution is 0.0963. The third-order valence-corrected chi connectivity index (χ3v) is 4.16. The first kappa shape index (κ1) is 13.9. The van der Waals surface area contributed by atoms with Crippen LogP contribution < -0.4 is 10.6 Å². The maximum atomic E-state index is 11.5. The van der Waals surface area contributed by atoms with Crippen molar-refractivity contribution < 1.29 is 4.79 Å². The van der Waals surface area contributed by atoms with Crippen molar-refractivity contribution in [2.45, 2.75) is 45.1 Å². The van der Waals surface area contributed by atoms with E-state index >= 15 is 0 Å². The average Bonchev–Trinajstić information content (AvgIpc) is 2.48. The fraction of sp³-hybridized carbons (Fsp3) is 0.562. The summed E-state index contributed by atoms with van der Waals surface area (Å²) in [7, 11) is 1.66. The third-order valence-electron chi connectivity index (χ3n) is 4.16. The highest BCUT2D eigenvalue weighted by atomic mass is 16.1. The predicted octanol–water partition coefficient (Wildman–Crippen LogP) is 3.43. The van der Waals surface area contributed by atoms with E-state index in [2.05, 4.69) is 17.6 Å². The Morgan fingerprint density at radius 1 is 1.21 bits per heavy atom. The Morgan fingerprint density at radius 2 is 1.89 bits per heavy atom.